The number of halogens is 3. The van der Waals surface area contributed by atoms with Crippen molar-refractivity contribution >= 4 is 46.4 Å². The molecule has 7 heteroatoms. The van der Waals surface area contributed by atoms with Crippen LogP contribution >= 0.6 is 34.8 Å². The van der Waals surface area contributed by atoms with Gasteiger partial charge in [-0.1, -0.05) is 34.8 Å². The molecule has 3 N–H and O–H groups in total. The smallest absolute Gasteiger partial charge is 0.272 e. The van der Waals surface area contributed by atoms with Gasteiger partial charge in [-0.2, -0.15) is 0 Å². The van der Waals surface area contributed by atoms with Crippen LogP contribution in [0, 0.1) is 0 Å². The Morgan fingerprint density at radius 2 is 1.89 bits per heavy atom. The first kappa shape index (κ1) is 13.1. The van der Waals surface area contributed by atoms with E-state index < -0.39 is 5.91 Å². The SMILES string of the molecule is O=C(Nc1ccc(O)cc1Cl)c1cc(Cl)c(Cl)[nH]1. The van der Waals surface area contributed by atoms with E-state index in [-0.39, 0.29) is 26.6 Å². The lowest BCUT2D eigenvalue weighted by atomic mass is 10.3. The number of hydrogen-bond acceptors (Lipinski definition) is 2. The Morgan fingerprint density at radius 3 is 2.44 bits per heavy atom. The van der Waals surface area contributed by atoms with Gasteiger partial charge >= 0.3 is 0 Å². The van der Waals surface area contributed by atoms with Crippen LogP contribution < -0.4 is 5.32 Å². The van der Waals surface area contributed by atoms with Gasteiger partial charge in [0.2, 0.25) is 0 Å². The van der Waals surface area contributed by atoms with Crippen LogP contribution in [0.2, 0.25) is 15.2 Å². The van der Waals surface area contributed by atoms with Crippen molar-refractivity contribution in [3.05, 3.63) is 45.2 Å². The van der Waals surface area contributed by atoms with Crippen molar-refractivity contribution in [1.82, 2.24) is 4.98 Å². The second kappa shape index (κ2) is 5.10. The lowest BCUT2D eigenvalue weighted by Gasteiger charge is -2.06. The summed E-state index contributed by atoms with van der Waals surface area (Å²) in [5.41, 5.74) is 0.593. The van der Waals surface area contributed by atoms with Gasteiger partial charge in [0.1, 0.15) is 16.6 Å². The van der Waals surface area contributed by atoms with Crippen LogP contribution in [-0.4, -0.2) is 16.0 Å². The fourth-order valence-electron chi connectivity index (χ4n) is 1.32. The molecule has 1 heterocycles. The molecule has 0 spiro atoms. The maximum Gasteiger partial charge on any atom is 0.272 e. The van der Waals surface area contributed by atoms with E-state index in [9.17, 15) is 9.90 Å². The lowest BCUT2D eigenvalue weighted by Crippen LogP contribution is -2.12. The molecule has 0 saturated carbocycles. The van der Waals surface area contributed by atoms with Gasteiger partial charge in [0, 0.05) is 6.07 Å². The van der Waals surface area contributed by atoms with Gasteiger partial charge in [0.05, 0.1) is 15.7 Å². The van der Waals surface area contributed by atoms with E-state index in [1.165, 1.54) is 24.3 Å². The number of rotatable bonds is 2. The van der Waals surface area contributed by atoms with E-state index in [1.54, 1.807) is 0 Å². The van der Waals surface area contributed by atoms with Crippen molar-refractivity contribution in [1.29, 1.82) is 0 Å². The average molecular weight is 306 g/mol. The number of nitrogens with one attached hydrogen (secondary N) is 2. The van der Waals surface area contributed by atoms with Crippen molar-refractivity contribution in [2.75, 3.05) is 5.32 Å². The van der Waals surface area contributed by atoms with Crippen molar-refractivity contribution in [2.24, 2.45) is 0 Å². The maximum atomic E-state index is 11.8. The van der Waals surface area contributed by atoms with Crippen molar-refractivity contribution in [2.45, 2.75) is 0 Å². The zero-order chi connectivity index (χ0) is 13.3. The molecule has 1 aromatic heterocycles. The number of benzene rings is 1. The lowest BCUT2D eigenvalue weighted by molar-refractivity contribution is 0.102. The molecule has 1 aromatic carbocycles. The molecule has 0 bridgehead atoms. The Balaban J connectivity index is 2.21. The molecular weight excluding hydrogens is 298 g/mol. The number of aromatic nitrogens is 1. The minimum absolute atomic E-state index is 0.0176. The van der Waals surface area contributed by atoms with Crippen LogP contribution in [0.5, 0.6) is 5.75 Å². The maximum absolute atomic E-state index is 11.8. The van der Waals surface area contributed by atoms with Gasteiger partial charge in [-0.05, 0) is 18.2 Å². The van der Waals surface area contributed by atoms with Crippen molar-refractivity contribution in [3.8, 4) is 5.75 Å². The Morgan fingerprint density at radius 1 is 1.17 bits per heavy atom. The van der Waals surface area contributed by atoms with E-state index in [2.05, 4.69) is 10.3 Å². The summed E-state index contributed by atoms with van der Waals surface area (Å²) in [6.45, 7) is 0. The summed E-state index contributed by atoms with van der Waals surface area (Å²) in [5, 5.41) is 12.4. The highest BCUT2D eigenvalue weighted by Gasteiger charge is 2.13. The average Bonchev–Trinajstić information content (AvgIpc) is 2.63. The van der Waals surface area contributed by atoms with Crippen LogP contribution in [0.25, 0.3) is 0 Å². The van der Waals surface area contributed by atoms with E-state index in [0.717, 1.165) is 0 Å². The van der Waals surface area contributed by atoms with Crippen LogP contribution in [0.4, 0.5) is 5.69 Å². The number of phenolic OH excluding ortho intramolecular Hbond substituents is 1. The highest BCUT2D eigenvalue weighted by Crippen LogP contribution is 2.27. The fourth-order valence-corrected chi connectivity index (χ4v) is 1.86. The number of anilines is 1. The highest BCUT2D eigenvalue weighted by atomic mass is 35.5. The number of aromatic hydroxyl groups is 1. The first-order valence-corrected chi connectivity index (χ1v) is 5.94. The molecule has 0 aliphatic rings. The molecule has 0 fully saturated rings. The number of carbonyl (C=O) groups is 1. The number of H-pyrrole nitrogens is 1. The fraction of sp³-hybridized carbons (Fsp3) is 0. The molecule has 2 aromatic rings. The molecule has 0 saturated heterocycles. The van der Waals surface area contributed by atoms with E-state index in [1.807, 2.05) is 0 Å². The number of amides is 1. The minimum atomic E-state index is -0.434. The summed E-state index contributed by atoms with van der Waals surface area (Å²) >= 11 is 17.3. The Bertz CT molecular complexity index is 591. The highest BCUT2D eigenvalue weighted by molar-refractivity contribution is 6.41. The van der Waals surface area contributed by atoms with Crippen molar-refractivity contribution < 1.29 is 9.90 Å². The number of carbonyl (C=O) groups excluding carboxylic acids is 1. The molecule has 18 heavy (non-hydrogen) atoms. The van der Waals surface area contributed by atoms with Crippen LogP contribution in [0.15, 0.2) is 24.3 Å². The normalized spacial score (nSPS) is 10.4. The van der Waals surface area contributed by atoms with Crippen LogP contribution in [0.3, 0.4) is 0 Å². The predicted octanol–water partition coefficient (Wildman–Crippen LogP) is 3.93. The van der Waals surface area contributed by atoms with Gasteiger partial charge in [-0.25, -0.2) is 0 Å². The number of hydrogen-bond donors (Lipinski definition) is 3. The molecule has 1 amide bonds. The molecule has 0 atom stereocenters. The molecule has 0 aliphatic carbocycles. The van der Waals surface area contributed by atoms with Crippen molar-refractivity contribution in [3.63, 3.8) is 0 Å². The van der Waals surface area contributed by atoms with Crippen LogP contribution in [-0.2, 0) is 0 Å². The second-order valence-electron chi connectivity index (χ2n) is 3.46. The second-order valence-corrected chi connectivity index (χ2v) is 4.66. The standard InChI is InChI=1S/C11H7Cl3N2O2/c12-6-3-5(17)1-2-8(6)16-11(18)9-4-7(13)10(14)15-9/h1-4,15,17H,(H,16,18). The van der Waals surface area contributed by atoms with E-state index >= 15 is 0 Å². The largest absolute Gasteiger partial charge is 0.508 e. The number of aromatic amines is 1. The molecule has 4 nitrogen and oxygen atoms in total. The quantitative estimate of drug-likeness (QED) is 0.736. The third-order valence-corrected chi connectivity index (χ3v) is 3.18. The topological polar surface area (TPSA) is 65.1 Å². The Kier molecular flexibility index (Phi) is 3.71. The van der Waals surface area contributed by atoms with Gasteiger partial charge < -0.3 is 15.4 Å². The molecule has 0 unspecified atom stereocenters. The summed E-state index contributed by atoms with van der Waals surface area (Å²) in [7, 11) is 0. The van der Waals surface area contributed by atoms with Gasteiger partial charge in [-0.15, -0.1) is 0 Å². The minimum Gasteiger partial charge on any atom is -0.508 e. The first-order valence-electron chi connectivity index (χ1n) is 4.81. The molecular formula is C11H7Cl3N2O2. The molecule has 2 rings (SSSR count). The monoisotopic (exact) mass is 304 g/mol. The Hall–Kier alpha value is -1.36. The Labute approximate surface area is 117 Å². The summed E-state index contributed by atoms with van der Waals surface area (Å²) in [4.78, 5) is 14.5. The predicted molar refractivity (Wildman–Crippen MR) is 71.9 cm³/mol. The summed E-state index contributed by atoms with van der Waals surface area (Å²) in [6.07, 6.45) is 0. The molecule has 94 valence electrons. The van der Waals surface area contributed by atoms with Gasteiger partial charge in [0.25, 0.3) is 5.91 Å². The molecule has 0 aliphatic heterocycles. The zero-order valence-electron chi connectivity index (χ0n) is 8.80. The first-order chi connectivity index (χ1) is 8.47. The molecule has 0 radical (unpaired) electrons. The number of phenols is 1. The van der Waals surface area contributed by atoms with E-state index in [4.69, 9.17) is 34.8 Å². The van der Waals surface area contributed by atoms with Gasteiger partial charge in [0.15, 0.2) is 0 Å². The zero-order valence-corrected chi connectivity index (χ0v) is 11.1. The van der Waals surface area contributed by atoms with Crippen LogP contribution in [0.1, 0.15) is 10.5 Å². The van der Waals surface area contributed by atoms with Gasteiger partial charge in [-0.3, -0.25) is 4.79 Å². The summed E-state index contributed by atoms with van der Waals surface area (Å²) < 4.78 is 0. The summed E-state index contributed by atoms with van der Waals surface area (Å²) in [5.74, 6) is -0.416. The van der Waals surface area contributed by atoms with E-state index in [0.29, 0.717) is 5.69 Å². The third-order valence-electron chi connectivity index (χ3n) is 2.17. The third kappa shape index (κ3) is 2.72. The summed E-state index contributed by atoms with van der Waals surface area (Å²) in [6, 6.07) is 5.64.